The number of unbranched alkanes of at least 4 members (excludes halogenated alkanes) is 46. The molecule has 0 spiro atoms. The van der Waals surface area contributed by atoms with Gasteiger partial charge in [-0.2, -0.15) is 0 Å². The molecule has 0 fully saturated rings. The van der Waals surface area contributed by atoms with Gasteiger partial charge in [0.15, 0.2) is 12.2 Å². The number of phosphoric ester groups is 2. The minimum Gasteiger partial charge on any atom is -0.462 e. The van der Waals surface area contributed by atoms with Crippen LogP contribution in [0.5, 0.6) is 0 Å². The van der Waals surface area contributed by atoms with Gasteiger partial charge in [0.25, 0.3) is 0 Å². The standard InChI is InChI=1S/C78H152O17P2/c1-7-10-12-14-16-18-20-22-28-32-36-43-49-55-61-76(81)88-66-73(94-77(82)62-56-50-44-37-33-29-26-24-23-25-27-30-34-40-46-52-58-70(4)5)68-92-96(84,85)90-64-72(79)65-91-97(86,87)93-69-74(95-78(83)63-57-51-45-39-38-41-47-53-59-71(6)9-3)67-89-75(80)60-54-48-42-35-31-21-19-17-15-13-11-8-2/h70-74,79H,7-69H2,1-6H3,(H,84,85)(H,86,87)/t71?,72-,73-,74-/m1/s1. The lowest BCUT2D eigenvalue weighted by Crippen LogP contribution is -2.30. The Balaban J connectivity index is 5.25. The van der Waals surface area contributed by atoms with Gasteiger partial charge in [-0.15, -0.1) is 0 Å². The minimum atomic E-state index is -4.96. The number of hydrogen-bond acceptors (Lipinski definition) is 15. The highest BCUT2D eigenvalue weighted by Crippen LogP contribution is 2.45. The molecule has 0 bridgehead atoms. The maximum Gasteiger partial charge on any atom is 0.472 e. The topological polar surface area (TPSA) is 237 Å². The van der Waals surface area contributed by atoms with Crippen LogP contribution in [0.1, 0.15) is 408 Å². The average Bonchev–Trinajstić information content (AvgIpc) is 1.27. The first-order valence-electron chi connectivity index (χ1n) is 40.5. The molecule has 0 radical (unpaired) electrons. The summed E-state index contributed by atoms with van der Waals surface area (Å²) in [5.41, 5.74) is 0. The summed E-state index contributed by atoms with van der Waals surface area (Å²) in [6.45, 7) is 9.64. The molecule has 97 heavy (non-hydrogen) atoms. The quantitative estimate of drug-likeness (QED) is 0.0222. The maximum atomic E-state index is 13.1. The lowest BCUT2D eigenvalue weighted by Gasteiger charge is -2.21. The molecule has 0 amide bonds. The van der Waals surface area contributed by atoms with Crippen molar-refractivity contribution in [1.82, 2.24) is 0 Å². The lowest BCUT2D eigenvalue weighted by atomic mass is 9.99. The van der Waals surface area contributed by atoms with Gasteiger partial charge in [0, 0.05) is 25.7 Å². The van der Waals surface area contributed by atoms with Crippen LogP contribution in [0, 0.1) is 11.8 Å². The third kappa shape index (κ3) is 70.9. The fraction of sp³-hybridized carbons (Fsp3) is 0.949. The van der Waals surface area contributed by atoms with E-state index < -0.39 is 97.5 Å². The van der Waals surface area contributed by atoms with E-state index in [1.165, 1.54) is 225 Å². The molecule has 0 heterocycles. The highest BCUT2D eigenvalue weighted by molar-refractivity contribution is 7.47. The molecule has 0 aliphatic carbocycles. The Morgan fingerprint density at radius 3 is 0.784 bits per heavy atom. The molecule has 0 aromatic rings. The molecule has 0 aromatic carbocycles. The highest BCUT2D eigenvalue weighted by atomic mass is 31.2. The number of rotatable bonds is 77. The van der Waals surface area contributed by atoms with Crippen molar-refractivity contribution < 1.29 is 80.2 Å². The van der Waals surface area contributed by atoms with Crippen LogP contribution in [-0.4, -0.2) is 96.7 Å². The third-order valence-corrected chi connectivity index (χ3v) is 20.5. The van der Waals surface area contributed by atoms with E-state index in [1.54, 1.807) is 0 Å². The lowest BCUT2D eigenvalue weighted by molar-refractivity contribution is -0.161. The Hall–Kier alpha value is -1.94. The van der Waals surface area contributed by atoms with Crippen LogP contribution in [0.2, 0.25) is 0 Å². The van der Waals surface area contributed by atoms with Gasteiger partial charge in [-0.05, 0) is 37.5 Å². The summed E-state index contributed by atoms with van der Waals surface area (Å²) in [5, 5.41) is 10.6. The number of phosphoric acid groups is 2. The summed E-state index contributed by atoms with van der Waals surface area (Å²) in [5.74, 6) is -0.533. The zero-order valence-electron chi connectivity index (χ0n) is 63.4. The van der Waals surface area contributed by atoms with Crippen LogP contribution in [0.15, 0.2) is 0 Å². The SMILES string of the molecule is CCCCCCCCCCCCCCCCC(=O)OC[C@H](COP(=O)(O)OC[C@@H](O)COP(=O)(O)OC[C@@H](COC(=O)CCCCCCCCCCCCCC)OC(=O)CCCCCCCCCCC(C)CC)OC(=O)CCCCCCCCCCCCCCCCCCC(C)C. The molecule has 0 aliphatic rings. The van der Waals surface area contributed by atoms with Gasteiger partial charge >= 0.3 is 39.5 Å². The Morgan fingerprint density at radius 2 is 0.526 bits per heavy atom. The van der Waals surface area contributed by atoms with Gasteiger partial charge in [0.05, 0.1) is 26.4 Å². The Morgan fingerprint density at radius 1 is 0.299 bits per heavy atom. The zero-order chi connectivity index (χ0) is 71.4. The summed E-state index contributed by atoms with van der Waals surface area (Å²) in [6.07, 6.45) is 58.1. The van der Waals surface area contributed by atoms with Crippen molar-refractivity contribution in [3.05, 3.63) is 0 Å². The van der Waals surface area contributed by atoms with Gasteiger partial charge < -0.3 is 33.8 Å². The van der Waals surface area contributed by atoms with Crippen molar-refractivity contribution in [2.24, 2.45) is 11.8 Å². The van der Waals surface area contributed by atoms with E-state index in [4.69, 9.17) is 37.0 Å². The zero-order valence-corrected chi connectivity index (χ0v) is 65.2. The van der Waals surface area contributed by atoms with Crippen LogP contribution < -0.4 is 0 Å². The summed E-state index contributed by atoms with van der Waals surface area (Å²) in [4.78, 5) is 72.9. The molecule has 0 aliphatic heterocycles. The molecule has 0 aromatic heterocycles. The van der Waals surface area contributed by atoms with Gasteiger partial charge in [-0.1, -0.05) is 356 Å². The third-order valence-electron chi connectivity index (χ3n) is 18.6. The van der Waals surface area contributed by atoms with Gasteiger partial charge in [0.2, 0.25) is 0 Å². The van der Waals surface area contributed by atoms with Crippen LogP contribution in [0.25, 0.3) is 0 Å². The number of aliphatic hydroxyl groups excluding tert-OH is 1. The molecule has 0 rings (SSSR count). The van der Waals surface area contributed by atoms with E-state index in [-0.39, 0.29) is 25.7 Å². The average molecular weight is 1420 g/mol. The maximum absolute atomic E-state index is 13.1. The summed E-state index contributed by atoms with van der Waals surface area (Å²) in [6, 6.07) is 0. The van der Waals surface area contributed by atoms with Gasteiger partial charge in [-0.25, -0.2) is 9.13 Å². The van der Waals surface area contributed by atoms with Gasteiger partial charge in [-0.3, -0.25) is 37.3 Å². The van der Waals surface area contributed by atoms with Crippen molar-refractivity contribution in [2.75, 3.05) is 39.6 Å². The second kappa shape index (κ2) is 69.8. The molecule has 6 atom stereocenters. The van der Waals surface area contributed by atoms with E-state index in [2.05, 4.69) is 41.5 Å². The van der Waals surface area contributed by atoms with E-state index in [0.29, 0.717) is 25.7 Å². The van der Waals surface area contributed by atoms with E-state index in [9.17, 15) is 43.2 Å². The first-order valence-corrected chi connectivity index (χ1v) is 43.5. The first-order chi connectivity index (χ1) is 46.9. The largest absolute Gasteiger partial charge is 0.472 e. The number of carbonyl (C=O) groups is 4. The molecule has 0 saturated heterocycles. The molecule has 0 saturated carbocycles. The van der Waals surface area contributed by atoms with Crippen LogP contribution >= 0.6 is 15.6 Å². The second-order valence-electron chi connectivity index (χ2n) is 28.8. The molecule has 576 valence electrons. The highest BCUT2D eigenvalue weighted by Gasteiger charge is 2.30. The van der Waals surface area contributed by atoms with Crippen molar-refractivity contribution >= 4 is 39.5 Å². The second-order valence-corrected chi connectivity index (χ2v) is 31.7. The molecule has 3 unspecified atom stereocenters. The van der Waals surface area contributed by atoms with Crippen molar-refractivity contribution in [3.8, 4) is 0 Å². The van der Waals surface area contributed by atoms with Crippen LogP contribution in [0.3, 0.4) is 0 Å². The number of esters is 4. The van der Waals surface area contributed by atoms with Crippen molar-refractivity contribution in [2.45, 2.75) is 426 Å². The molecule has 19 heteroatoms. The normalized spacial score (nSPS) is 14.2. The molecule has 3 N–H and O–H groups in total. The fourth-order valence-corrected chi connectivity index (χ4v) is 13.6. The van der Waals surface area contributed by atoms with E-state index in [0.717, 1.165) is 102 Å². The number of aliphatic hydroxyl groups is 1. The predicted octanol–water partition coefficient (Wildman–Crippen LogP) is 23.1. The molecule has 17 nitrogen and oxygen atoms in total. The van der Waals surface area contributed by atoms with E-state index in [1.807, 2.05) is 0 Å². The summed E-state index contributed by atoms with van der Waals surface area (Å²) >= 11 is 0. The first kappa shape index (κ1) is 95.1. The van der Waals surface area contributed by atoms with Crippen LogP contribution in [-0.2, 0) is 65.4 Å². The minimum absolute atomic E-state index is 0.106. The van der Waals surface area contributed by atoms with Crippen molar-refractivity contribution in [1.29, 1.82) is 0 Å². The Kier molecular flexibility index (Phi) is 68.4. The summed E-state index contributed by atoms with van der Waals surface area (Å²) < 4.78 is 68.6. The van der Waals surface area contributed by atoms with Crippen LogP contribution in [0.4, 0.5) is 0 Å². The van der Waals surface area contributed by atoms with E-state index >= 15 is 0 Å². The smallest absolute Gasteiger partial charge is 0.462 e. The number of hydrogen-bond donors (Lipinski definition) is 3. The monoisotopic (exact) mass is 1420 g/mol. The molecular weight excluding hydrogens is 1270 g/mol. The Labute approximate surface area is 594 Å². The Bertz CT molecular complexity index is 1870. The van der Waals surface area contributed by atoms with Crippen molar-refractivity contribution in [3.63, 3.8) is 0 Å². The molecular formula is C78H152O17P2. The fourth-order valence-electron chi connectivity index (χ4n) is 12.0. The number of carbonyl (C=O) groups excluding carboxylic acids is 4. The predicted molar refractivity (Wildman–Crippen MR) is 395 cm³/mol. The number of ether oxygens (including phenoxy) is 4. The van der Waals surface area contributed by atoms with Gasteiger partial charge in [0.1, 0.15) is 19.3 Å². The summed E-state index contributed by atoms with van der Waals surface area (Å²) in [7, 11) is -9.91.